The molecule has 148 valence electrons. The summed E-state index contributed by atoms with van der Waals surface area (Å²) in [6.07, 6.45) is 0.911. The average molecular weight is 446 g/mol. The summed E-state index contributed by atoms with van der Waals surface area (Å²) in [5.41, 5.74) is 4.82. The van der Waals surface area contributed by atoms with E-state index in [1.54, 1.807) is 7.11 Å². The summed E-state index contributed by atoms with van der Waals surface area (Å²) < 4.78 is 14.2. The smallest absolute Gasteiger partial charge is 0.163 e. The Morgan fingerprint density at radius 3 is 2.86 bits per heavy atom. The third kappa shape index (κ3) is 3.24. The normalized spacial score (nSPS) is 14.8. The van der Waals surface area contributed by atoms with Crippen molar-refractivity contribution in [1.82, 2.24) is 20.0 Å². The highest BCUT2D eigenvalue weighted by atomic mass is 79.9. The Balaban J connectivity index is 1.89. The highest BCUT2D eigenvalue weighted by molar-refractivity contribution is 9.10. The number of rotatable bonds is 5. The fraction of sp³-hybridized carbons (Fsp3) is 0.450. The standard InChI is InChI=1S/C20H24BrN5O2/c1-5-14(11-27-4)26-16-10-13(3)22-20(18(16)23-24-26)25-6-7-28-17-9-12(2)8-15(21)19(17)25/h8-10,14H,5-7,11H2,1-4H3/t14-/m1/s1. The summed E-state index contributed by atoms with van der Waals surface area (Å²) in [6, 6.07) is 6.33. The Morgan fingerprint density at radius 1 is 1.29 bits per heavy atom. The summed E-state index contributed by atoms with van der Waals surface area (Å²) in [6.45, 7) is 8.07. The molecular weight excluding hydrogens is 422 g/mol. The molecule has 0 radical (unpaired) electrons. The molecule has 0 unspecified atom stereocenters. The van der Waals surface area contributed by atoms with E-state index in [1.165, 1.54) is 0 Å². The van der Waals surface area contributed by atoms with Crippen molar-refractivity contribution in [3.05, 3.63) is 33.9 Å². The minimum Gasteiger partial charge on any atom is -0.489 e. The summed E-state index contributed by atoms with van der Waals surface area (Å²) in [5.74, 6) is 1.66. The number of ether oxygens (including phenoxy) is 2. The van der Waals surface area contributed by atoms with Crippen LogP contribution in [0.4, 0.5) is 11.5 Å². The second-order valence-electron chi connectivity index (χ2n) is 7.10. The van der Waals surface area contributed by atoms with Gasteiger partial charge in [-0.05, 0) is 60.0 Å². The molecule has 28 heavy (non-hydrogen) atoms. The third-order valence-electron chi connectivity index (χ3n) is 5.02. The van der Waals surface area contributed by atoms with Crippen LogP contribution in [0, 0.1) is 13.8 Å². The maximum Gasteiger partial charge on any atom is 0.163 e. The van der Waals surface area contributed by atoms with Gasteiger partial charge in [0.15, 0.2) is 11.3 Å². The predicted molar refractivity (Wildman–Crippen MR) is 113 cm³/mol. The number of halogens is 1. The topological polar surface area (TPSA) is 65.3 Å². The molecule has 3 aromatic rings. The van der Waals surface area contributed by atoms with Crippen LogP contribution in [0.15, 0.2) is 22.7 Å². The van der Waals surface area contributed by atoms with Gasteiger partial charge in [0.05, 0.1) is 30.4 Å². The molecule has 1 aromatic carbocycles. The number of hydrogen-bond donors (Lipinski definition) is 0. The molecule has 2 aromatic heterocycles. The first kappa shape index (κ1) is 19.1. The van der Waals surface area contributed by atoms with E-state index >= 15 is 0 Å². The summed E-state index contributed by atoms with van der Waals surface area (Å²) in [4.78, 5) is 7.01. The van der Waals surface area contributed by atoms with Gasteiger partial charge in [-0.25, -0.2) is 9.67 Å². The number of benzene rings is 1. The van der Waals surface area contributed by atoms with Crippen molar-refractivity contribution in [1.29, 1.82) is 0 Å². The van der Waals surface area contributed by atoms with Gasteiger partial charge in [0, 0.05) is 17.3 Å². The Labute approximate surface area is 172 Å². The van der Waals surface area contributed by atoms with Crippen molar-refractivity contribution >= 4 is 38.5 Å². The van der Waals surface area contributed by atoms with Crippen molar-refractivity contribution in [2.75, 3.05) is 31.8 Å². The Hall–Kier alpha value is -2.19. The summed E-state index contributed by atoms with van der Waals surface area (Å²) >= 11 is 3.71. The molecule has 0 saturated heterocycles. The first-order valence-corrected chi connectivity index (χ1v) is 10.2. The van der Waals surface area contributed by atoms with Crippen LogP contribution in [0.5, 0.6) is 5.75 Å². The minimum absolute atomic E-state index is 0.135. The van der Waals surface area contributed by atoms with E-state index < -0.39 is 0 Å². The molecule has 3 heterocycles. The second-order valence-corrected chi connectivity index (χ2v) is 7.95. The zero-order valence-electron chi connectivity index (χ0n) is 16.6. The van der Waals surface area contributed by atoms with Crippen LogP contribution in [0.3, 0.4) is 0 Å². The van der Waals surface area contributed by atoms with Gasteiger partial charge in [0.2, 0.25) is 0 Å². The maximum atomic E-state index is 5.91. The zero-order valence-corrected chi connectivity index (χ0v) is 18.2. The SMILES string of the molecule is CC[C@H](COC)n1nnc2c(N3CCOc4cc(C)cc(Br)c43)nc(C)cc21. The van der Waals surface area contributed by atoms with Crippen LogP contribution < -0.4 is 9.64 Å². The van der Waals surface area contributed by atoms with Gasteiger partial charge in [0.1, 0.15) is 12.4 Å². The van der Waals surface area contributed by atoms with Crippen molar-refractivity contribution in [2.24, 2.45) is 0 Å². The van der Waals surface area contributed by atoms with Gasteiger partial charge in [-0.15, -0.1) is 5.10 Å². The van der Waals surface area contributed by atoms with Crippen LogP contribution in [0.25, 0.3) is 11.0 Å². The van der Waals surface area contributed by atoms with E-state index in [0.29, 0.717) is 19.8 Å². The van der Waals surface area contributed by atoms with E-state index in [2.05, 4.69) is 57.1 Å². The van der Waals surface area contributed by atoms with E-state index in [1.807, 2.05) is 17.7 Å². The molecule has 4 rings (SSSR count). The number of pyridine rings is 1. The zero-order chi connectivity index (χ0) is 19.8. The molecule has 0 saturated carbocycles. The minimum atomic E-state index is 0.135. The van der Waals surface area contributed by atoms with Crippen molar-refractivity contribution in [3.63, 3.8) is 0 Å². The molecule has 1 aliphatic heterocycles. The second kappa shape index (κ2) is 7.67. The fourth-order valence-electron chi connectivity index (χ4n) is 3.70. The molecule has 7 nitrogen and oxygen atoms in total. The first-order valence-electron chi connectivity index (χ1n) is 9.45. The average Bonchev–Trinajstić information content (AvgIpc) is 3.08. The Morgan fingerprint density at radius 2 is 2.11 bits per heavy atom. The summed E-state index contributed by atoms with van der Waals surface area (Å²) in [5, 5.41) is 8.95. The van der Waals surface area contributed by atoms with E-state index in [-0.39, 0.29) is 6.04 Å². The van der Waals surface area contributed by atoms with Crippen molar-refractivity contribution in [2.45, 2.75) is 33.2 Å². The molecule has 0 bridgehead atoms. The lowest BCUT2D eigenvalue weighted by atomic mass is 10.1. The highest BCUT2D eigenvalue weighted by Gasteiger charge is 2.27. The van der Waals surface area contributed by atoms with Crippen molar-refractivity contribution < 1.29 is 9.47 Å². The van der Waals surface area contributed by atoms with E-state index in [4.69, 9.17) is 14.5 Å². The first-order chi connectivity index (χ1) is 13.5. The number of aromatic nitrogens is 4. The molecule has 0 N–H and O–H groups in total. The lowest BCUT2D eigenvalue weighted by molar-refractivity contribution is 0.148. The van der Waals surface area contributed by atoms with Crippen LogP contribution >= 0.6 is 15.9 Å². The van der Waals surface area contributed by atoms with Crippen LogP contribution in [-0.4, -0.2) is 46.8 Å². The van der Waals surface area contributed by atoms with E-state index in [0.717, 1.165) is 50.4 Å². The quantitative estimate of drug-likeness (QED) is 0.581. The third-order valence-corrected chi connectivity index (χ3v) is 5.62. The number of nitrogens with zero attached hydrogens (tertiary/aromatic N) is 5. The monoisotopic (exact) mass is 445 g/mol. The highest BCUT2D eigenvalue weighted by Crippen LogP contribution is 2.43. The van der Waals surface area contributed by atoms with Gasteiger partial charge in [-0.1, -0.05) is 12.1 Å². The molecule has 0 aliphatic carbocycles. The molecule has 0 spiro atoms. The van der Waals surface area contributed by atoms with Crippen molar-refractivity contribution in [3.8, 4) is 5.75 Å². The van der Waals surface area contributed by atoms with E-state index in [9.17, 15) is 0 Å². The molecule has 0 amide bonds. The molecule has 1 aliphatic rings. The number of methoxy groups -OCH3 is 1. The molecule has 1 atom stereocenters. The van der Waals surface area contributed by atoms with Gasteiger partial charge in [0.25, 0.3) is 0 Å². The molecule has 0 fully saturated rings. The molecule has 8 heteroatoms. The largest absolute Gasteiger partial charge is 0.489 e. The van der Waals surface area contributed by atoms with Crippen LogP contribution in [0.1, 0.15) is 30.6 Å². The number of hydrogen-bond acceptors (Lipinski definition) is 6. The predicted octanol–water partition coefficient (Wildman–Crippen LogP) is 4.33. The maximum absolute atomic E-state index is 5.91. The number of fused-ring (bicyclic) bond motifs is 2. The Kier molecular flexibility index (Phi) is 5.25. The fourth-order valence-corrected chi connectivity index (χ4v) is 4.47. The number of aryl methyl sites for hydroxylation is 2. The molecular formula is C20H24BrN5O2. The van der Waals surface area contributed by atoms with Gasteiger partial charge < -0.3 is 14.4 Å². The lowest BCUT2D eigenvalue weighted by Gasteiger charge is -2.32. The van der Waals surface area contributed by atoms with Crippen LogP contribution in [-0.2, 0) is 4.74 Å². The number of anilines is 2. The summed E-state index contributed by atoms with van der Waals surface area (Å²) in [7, 11) is 1.71. The van der Waals surface area contributed by atoms with Crippen LogP contribution in [0.2, 0.25) is 0 Å². The lowest BCUT2D eigenvalue weighted by Crippen LogP contribution is -2.30. The van der Waals surface area contributed by atoms with Gasteiger partial charge in [-0.3, -0.25) is 0 Å². The Bertz CT molecular complexity index is 1020. The van der Waals surface area contributed by atoms with Gasteiger partial charge in [-0.2, -0.15) is 0 Å². The van der Waals surface area contributed by atoms with Gasteiger partial charge >= 0.3 is 0 Å².